The van der Waals surface area contributed by atoms with E-state index in [1.807, 2.05) is 37.3 Å². The first kappa shape index (κ1) is 18.9. The third-order valence-electron chi connectivity index (χ3n) is 4.61. The van der Waals surface area contributed by atoms with Gasteiger partial charge in [-0.2, -0.15) is 0 Å². The average Bonchev–Trinajstić information content (AvgIpc) is 2.64. The molecule has 1 atom stereocenters. The van der Waals surface area contributed by atoms with Crippen molar-refractivity contribution in [3.8, 4) is 0 Å². The molecule has 1 N–H and O–H groups in total. The van der Waals surface area contributed by atoms with Crippen molar-refractivity contribution in [2.75, 3.05) is 13.1 Å². The van der Waals surface area contributed by atoms with Gasteiger partial charge in [-0.05, 0) is 37.8 Å². The molecular weight excluding hydrogens is 316 g/mol. The van der Waals surface area contributed by atoms with Crippen LogP contribution in [0.5, 0.6) is 0 Å². The van der Waals surface area contributed by atoms with Gasteiger partial charge in [0.1, 0.15) is 0 Å². The minimum atomic E-state index is -0.402. The quantitative estimate of drug-likeness (QED) is 0.808. The van der Waals surface area contributed by atoms with Crippen molar-refractivity contribution in [2.24, 2.45) is 5.92 Å². The second-order valence-electron chi connectivity index (χ2n) is 6.42. The Morgan fingerprint density at radius 2 is 1.84 bits per heavy atom. The number of amides is 2. The zero-order chi connectivity index (χ0) is 18.2. The molecule has 1 fully saturated rings. The smallest absolute Gasteiger partial charge is 0.246 e. The molecule has 2 rings (SSSR count). The Kier molecular flexibility index (Phi) is 6.92. The molecule has 1 aromatic carbocycles. The first-order chi connectivity index (χ1) is 12.0. The molecule has 0 aliphatic carbocycles. The van der Waals surface area contributed by atoms with E-state index in [1.54, 1.807) is 17.1 Å². The van der Waals surface area contributed by atoms with Crippen LogP contribution in [0.25, 0.3) is 6.08 Å². The predicted molar refractivity (Wildman–Crippen MR) is 97.7 cm³/mol. The van der Waals surface area contributed by atoms with E-state index in [9.17, 15) is 14.4 Å². The van der Waals surface area contributed by atoms with Gasteiger partial charge in [0.2, 0.25) is 11.8 Å². The Labute approximate surface area is 149 Å². The van der Waals surface area contributed by atoms with Crippen molar-refractivity contribution >= 4 is 23.7 Å². The molecule has 0 bridgehead atoms. The summed E-state index contributed by atoms with van der Waals surface area (Å²) in [6.07, 6.45) is 5.25. The van der Waals surface area contributed by atoms with E-state index in [1.165, 1.54) is 6.92 Å². The number of hydrogen-bond donors (Lipinski definition) is 1. The van der Waals surface area contributed by atoms with E-state index in [0.717, 1.165) is 5.56 Å². The number of nitrogens with one attached hydrogen (secondary N) is 1. The highest BCUT2D eigenvalue weighted by molar-refractivity contribution is 5.92. The number of ketones is 1. The van der Waals surface area contributed by atoms with Crippen LogP contribution in [0, 0.1) is 5.92 Å². The van der Waals surface area contributed by atoms with Gasteiger partial charge in [-0.15, -0.1) is 0 Å². The number of nitrogens with zero attached hydrogens (tertiary/aromatic N) is 1. The second-order valence-corrected chi connectivity index (χ2v) is 6.42. The van der Waals surface area contributed by atoms with Crippen LogP contribution in [-0.4, -0.2) is 41.6 Å². The summed E-state index contributed by atoms with van der Waals surface area (Å²) in [6, 6.07) is 9.28. The van der Waals surface area contributed by atoms with Gasteiger partial charge in [-0.25, -0.2) is 0 Å². The molecule has 25 heavy (non-hydrogen) atoms. The summed E-state index contributed by atoms with van der Waals surface area (Å²) in [4.78, 5) is 37.8. The lowest BCUT2D eigenvalue weighted by atomic mass is 9.95. The van der Waals surface area contributed by atoms with E-state index in [4.69, 9.17) is 0 Å². The molecule has 1 heterocycles. The van der Waals surface area contributed by atoms with Crippen LogP contribution >= 0.6 is 0 Å². The maximum Gasteiger partial charge on any atom is 0.246 e. The second kappa shape index (κ2) is 9.16. The van der Waals surface area contributed by atoms with Gasteiger partial charge in [-0.3, -0.25) is 14.4 Å². The monoisotopic (exact) mass is 342 g/mol. The van der Waals surface area contributed by atoms with E-state index in [2.05, 4.69) is 5.32 Å². The largest absolute Gasteiger partial charge is 0.346 e. The van der Waals surface area contributed by atoms with E-state index in [0.29, 0.717) is 32.4 Å². The third kappa shape index (κ3) is 5.55. The zero-order valence-corrected chi connectivity index (χ0v) is 14.9. The lowest BCUT2D eigenvalue weighted by Crippen LogP contribution is -2.46. The van der Waals surface area contributed by atoms with Crippen molar-refractivity contribution in [3.05, 3.63) is 42.0 Å². The fraction of sp³-hybridized carbons (Fsp3) is 0.450. The van der Waals surface area contributed by atoms with Gasteiger partial charge >= 0.3 is 0 Å². The number of carbonyl (C=O) groups excluding carboxylic acids is 3. The summed E-state index contributed by atoms with van der Waals surface area (Å²) in [5, 5.41) is 2.82. The summed E-state index contributed by atoms with van der Waals surface area (Å²) >= 11 is 0. The molecule has 0 radical (unpaired) electrons. The van der Waals surface area contributed by atoms with Gasteiger partial charge in [0.15, 0.2) is 5.78 Å². The van der Waals surface area contributed by atoms with Crippen molar-refractivity contribution in [1.29, 1.82) is 0 Å². The summed E-state index contributed by atoms with van der Waals surface area (Å²) in [5.74, 6) is -0.253. The molecule has 1 aliphatic rings. The van der Waals surface area contributed by atoms with E-state index < -0.39 is 6.04 Å². The topological polar surface area (TPSA) is 66.5 Å². The molecule has 1 saturated heterocycles. The van der Waals surface area contributed by atoms with Crippen molar-refractivity contribution in [2.45, 2.75) is 39.2 Å². The molecule has 134 valence electrons. The third-order valence-corrected chi connectivity index (χ3v) is 4.61. The lowest BCUT2D eigenvalue weighted by molar-refractivity contribution is -0.133. The van der Waals surface area contributed by atoms with Gasteiger partial charge < -0.3 is 10.2 Å². The molecule has 5 heteroatoms. The van der Waals surface area contributed by atoms with Gasteiger partial charge in [0.25, 0.3) is 0 Å². The highest BCUT2D eigenvalue weighted by atomic mass is 16.2. The fourth-order valence-corrected chi connectivity index (χ4v) is 2.98. The number of likely N-dealkylation sites (tertiary alicyclic amines) is 1. The van der Waals surface area contributed by atoms with Crippen LogP contribution in [0.2, 0.25) is 0 Å². The van der Waals surface area contributed by atoms with Crippen molar-refractivity contribution < 1.29 is 14.4 Å². The highest BCUT2D eigenvalue weighted by Crippen LogP contribution is 2.18. The van der Waals surface area contributed by atoms with Crippen LogP contribution in [0.1, 0.15) is 38.7 Å². The average molecular weight is 342 g/mol. The zero-order valence-electron chi connectivity index (χ0n) is 14.9. The minimum Gasteiger partial charge on any atom is -0.346 e. The van der Waals surface area contributed by atoms with E-state index >= 15 is 0 Å². The summed E-state index contributed by atoms with van der Waals surface area (Å²) in [7, 11) is 0. The summed E-state index contributed by atoms with van der Waals surface area (Å²) < 4.78 is 0. The van der Waals surface area contributed by atoms with Crippen molar-refractivity contribution in [3.63, 3.8) is 0 Å². The molecular formula is C20H26N2O3. The Balaban J connectivity index is 1.82. The SMILES string of the molecule is CCC(NC(=O)C1CCN(C(=O)C=Cc2ccccc2)CC1)C(C)=O. The number of benzene rings is 1. The predicted octanol–water partition coefficient (Wildman–Crippen LogP) is 2.42. The van der Waals surface area contributed by atoms with Crippen LogP contribution in [-0.2, 0) is 14.4 Å². The molecule has 1 unspecified atom stereocenters. The van der Waals surface area contributed by atoms with Crippen LogP contribution in [0.4, 0.5) is 0 Å². The standard InChI is InChI=1S/C20H26N2O3/c1-3-18(15(2)23)21-20(25)17-11-13-22(14-12-17)19(24)10-9-16-7-5-4-6-8-16/h4-10,17-18H,3,11-14H2,1-2H3,(H,21,25). The van der Waals surface area contributed by atoms with E-state index in [-0.39, 0.29) is 23.5 Å². The number of Topliss-reactive ketones (excluding diaryl/α,β-unsaturated/α-hetero) is 1. The lowest BCUT2D eigenvalue weighted by Gasteiger charge is -2.31. The Morgan fingerprint density at radius 3 is 2.40 bits per heavy atom. The molecule has 1 aliphatic heterocycles. The molecule has 1 aromatic rings. The Hall–Kier alpha value is -2.43. The Morgan fingerprint density at radius 1 is 1.20 bits per heavy atom. The maximum atomic E-state index is 12.3. The van der Waals surface area contributed by atoms with Gasteiger partial charge in [0.05, 0.1) is 6.04 Å². The maximum absolute atomic E-state index is 12.3. The number of rotatable bonds is 6. The van der Waals surface area contributed by atoms with Crippen LogP contribution in [0.15, 0.2) is 36.4 Å². The molecule has 0 saturated carbocycles. The number of piperidine rings is 1. The van der Waals surface area contributed by atoms with Gasteiger partial charge in [-0.1, -0.05) is 37.3 Å². The summed E-state index contributed by atoms with van der Waals surface area (Å²) in [5.41, 5.74) is 0.986. The van der Waals surface area contributed by atoms with Crippen LogP contribution < -0.4 is 5.32 Å². The number of carbonyl (C=O) groups is 3. The summed E-state index contributed by atoms with van der Waals surface area (Å²) in [6.45, 7) is 4.50. The van der Waals surface area contributed by atoms with Crippen LogP contribution in [0.3, 0.4) is 0 Å². The molecule has 5 nitrogen and oxygen atoms in total. The molecule has 0 aromatic heterocycles. The normalized spacial score (nSPS) is 16.6. The number of hydrogen-bond acceptors (Lipinski definition) is 3. The van der Waals surface area contributed by atoms with Gasteiger partial charge in [0, 0.05) is 25.1 Å². The Bertz CT molecular complexity index is 632. The highest BCUT2D eigenvalue weighted by Gasteiger charge is 2.28. The minimum absolute atomic E-state index is 0.0190. The molecule has 2 amide bonds. The fourth-order valence-electron chi connectivity index (χ4n) is 2.98. The van der Waals surface area contributed by atoms with Crippen molar-refractivity contribution in [1.82, 2.24) is 10.2 Å². The first-order valence-electron chi connectivity index (χ1n) is 8.84. The first-order valence-corrected chi connectivity index (χ1v) is 8.84. The molecule has 0 spiro atoms.